The molecule has 164 valence electrons. The zero-order valence-electron chi connectivity index (χ0n) is 17.8. The zero-order chi connectivity index (χ0) is 20.9. The van der Waals surface area contributed by atoms with Crippen molar-refractivity contribution < 1.29 is 8.42 Å². The Morgan fingerprint density at radius 1 is 1.10 bits per heavy atom. The molecule has 2 aromatic rings. The lowest BCUT2D eigenvalue weighted by molar-refractivity contribution is 0.460. The molecule has 0 aliphatic carbocycles. The smallest absolute Gasteiger partial charge is 0.242 e. The molecule has 0 amide bonds. The molecule has 30 heavy (non-hydrogen) atoms. The van der Waals surface area contributed by atoms with Crippen molar-refractivity contribution in [2.24, 2.45) is 10.9 Å². The average Bonchev–Trinajstić information content (AvgIpc) is 3.17. The molecule has 1 N–H and O–H groups in total. The largest absolute Gasteiger partial charge is 0.352 e. The van der Waals surface area contributed by atoms with Crippen molar-refractivity contribution >= 4 is 40.0 Å². The normalized spacial score (nSPS) is 17.1. The molecule has 1 unspecified atom stereocenters. The van der Waals surface area contributed by atoms with Gasteiger partial charge in [-0.05, 0) is 42.0 Å². The van der Waals surface area contributed by atoms with Crippen LogP contribution in [0.15, 0.2) is 64.5 Å². The monoisotopic (exact) mass is 542 g/mol. The lowest BCUT2D eigenvalue weighted by Crippen LogP contribution is -2.39. The fraction of sp³-hybridized carbons (Fsp3) is 0.409. The molecule has 1 aliphatic heterocycles. The number of sulfonamides is 1. The van der Waals surface area contributed by atoms with Gasteiger partial charge in [-0.1, -0.05) is 42.5 Å². The van der Waals surface area contributed by atoms with Gasteiger partial charge in [0, 0.05) is 40.8 Å². The summed E-state index contributed by atoms with van der Waals surface area (Å²) in [5, 5.41) is 3.41. The van der Waals surface area contributed by atoms with Crippen LogP contribution in [0.1, 0.15) is 17.5 Å². The van der Waals surface area contributed by atoms with Crippen LogP contribution < -0.4 is 5.32 Å². The summed E-state index contributed by atoms with van der Waals surface area (Å²) in [5.74, 6) is 1.53. The Morgan fingerprint density at radius 2 is 1.77 bits per heavy atom. The van der Waals surface area contributed by atoms with E-state index in [-0.39, 0.29) is 24.0 Å². The molecule has 0 saturated carbocycles. The molecule has 1 aliphatic rings. The highest BCUT2D eigenvalue weighted by molar-refractivity contribution is 14.0. The molecule has 0 bridgehead atoms. The highest BCUT2D eigenvalue weighted by Crippen LogP contribution is 2.21. The van der Waals surface area contributed by atoms with Crippen LogP contribution in [0.2, 0.25) is 0 Å². The summed E-state index contributed by atoms with van der Waals surface area (Å²) < 4.78 is 25.6. The van der Waals surface area contributed by atoms with Crippen molar-refractivity contribution in [1.29, 1.82) is 0 Å². The zero-order valence-corrected chi connectivity index (χ0v) is 20.9. The molecule has 6 nitrogen and oxygen atoms in total. The van der Waals surface area contributed by atoms with Crippen molar-refractivity contribution in [3.8, 4) is 0 Å². The van der Waals surface area contributed by atoms with Crippen LogP contribution in [-0.4, -0.2) is 57.8 Å². The maximum atomic E-state index is 12.2. The second kappa shape index (κ2) is 11.1. The molecular formula is C22H31IN4O2S. The van der Waals surface area contributed by atoms with E-state index >= 15 is 0 Å². The van der Waals surface area contributed by atoms with Gasteiger partial charge in [-0.3, -0.25) is 4.99 Å². The highest BCUT2D eigenvalue weighted by atomic mass is 127. The van der Waals surface area contributed by atoms with E-state index in [0.717, 1.165) is 37.5 Å². The lowest BCUT2D eigenvalue weighted by atomic mass is 9.99. The first kappa shape index (κ1) is 24.6. The van der Waals surface area contributed by atoms with E-state index in [4.69, 9.17) is 0 Å². The molecule has 1 heterocycles. The summed E-state index contributed by atoms with van der Waals surface area (Å²) in [6, 6.07) is 17.6. The Morgan fingerprint density at radius 3 is 2.37 bits per heavy atom. The number of nitrogens with zero attached hydrogens (tertiary/aromatic N) is 3. The second-order valence-corrected chi connectivity index (χ2v) is 9.77. The third kappa shape index (κ3) is 6.18. The van der Waals surface area contributed by atoms with Gasteiger partial charge in [0.05, 0.1) is 4.90 Å². The molecule has 1 saturated heterocycles. The van der Waals surface area contributed by atoms with E-state index in [1.807, 2.05) is 12.1 Å². The second-order valence-electron chi connectivity index (χ2n) is 7.62. The Labute approximate surface area is 197 Å². The standard InChI is InChI=1S/C22H30N4O2S.HI/c1-23-22(26-14-13-20(17-26)15-18-7-5-4-6-8-18)24-16-19-9-11-21(12-10-19)29(27,28)25(2)3;/h4-12,20H,13-17H2,1-3H3,(H,23,24);1H. The van der Waals surface area contributed by atoms with Gasteiger partial charge in [0.1, 0.15) is 0 Å². The lowest BCUT2D eigenvalue weighted by Gasteiger charge is -2.22. The van der Waals surface area contributed by atoms with E-state index in [1.165, 1.54) is 24.0 Å². The SMILES string of the molecule is CN=C(NCc1ccc(S(=O)(=O)N(C)C)cc1)N1CCC(Cc2ccccc2)C1.I. The van der Waals surface area contributed by atoms with Gasteiger partial charge in [-0.15, -0.1) is 24.0 Å². The Kier molecular flexibility index (Phi) is 9.11. The van der Waals surface area contributed by atoms with Gasteiger partial charge < -0.3 is 10.2 Å². The first-order valence-electron chi connectivity index (χ1n) is 9.91. The van der Waals surface area contributed by atoms with Crippen LogP contribution in [0.3, 0.4) is 0 Å². The van der Waals surface area contributed by atoms with Crippen molar-refractivity contribution in [3.63, 3.8) is 0 Å². The molecular weight excluding hydrogens is 511 g/mol. The predicted molar refractivity (Wildman–Crippen MR) is 133 cm³/mol. The number of halogens is 1. The van der Waals surface area contributed by atoms with Gasteiger partial charge in [-0.25, -0.2) is 12.7 Å². The number of hydrogen-bond donors (Lipinski definition) is 1. The maximum Gasteiger partial charge on any atom is 0.242 e. The number of likely N-dealkylation sites (tertiary alicyclic amines) is 1. The summed E-state index contributed by atoms with van der Waals surface area (Å²) in [5.41, 5.74) is 2.40. The number of guanidine groups is 1. The van der Waals surface area contributed by atoms with Crippen LogP contribution in [0.25, 0.3) is 0 Å². The topological polar surface area (TPSA) is 65.0 Å². The van der Waals surface area contributed by atoms with Gasteiger partial charge in [-0.2, -0.15) is 0 Å². The molecule has 1 fully saturated rings. The van der Waals surface area contributed by atoms with Gasteiger partial charge in [0.15, 0.2) is 5.96 Å². The first-order chi connectivity index (χ1) is 13.9. The average molecular weight is 542 g/mol. The quantitative estimate of drug-likeness (QED) is 0.346. The van der Waals surface area contributed by atoms with Gasteiger partial charge >= 0.3 is 0 Å². The van der Waals surface area contributed by atoms with Crippen molar-refractivity contribution in [2.45, 2.75) is 24.3 Å². The number of nitrogens with one attached hydrogen (secondary N) is 1. The molecule has 2 aromatic carbocycles. The van der Waals surface area contributed by atoms with E-state index in [1.54, 1.807) is 19.2 Å². The molecule has 8 heteroatoms. The van der Waals surface area contributed by atoms with Crippen LogP contribution >= 0.6 is 24.0 Å². The van der Waals surface area contributed by atoms with Crippen LogP contribution in [0.4, 0.5) is 0 Å². The minimum Gasteiger partial charge on any atom is -0.352 e. The van der Waals surface area contributed by atoms with Crippen LogP contribution in [0.5, 0.6) is 0 Å². The fourth-order valence-corrected chi connectivity index (χ4v) is 4.54. The third-order valence-corrected chi connectivity index (χ3v) is 7.15. The first-order valence-corrected chi connectivity index (χ1v) is 11.3. The third-order valence-electron chi connectivity index (χ3n) is 5.32. The van der Waals surface area contributed by atoms with E-state index in [0.29, 0.717) is 17.4 Å². The number of aliphatic imine (C=N–C) groups is 1. The van der Waals surface area contributed by atoms with E-state index in [9.17, 15) is 8.42 Å². The Hall–Kier alpha value is -1.65. The summed E-state index contributed by atoms with van der Waals surface area (Å²) >= 11 is 0. The number of benzene rings is 2. The Balaban J connectivity index is 0.00000320. The maximum absolute atomic E-state index is 12.2. The summed E-state index contributed by atoms with van der Waals surface area (Å²) in [4.78, 5) is 7.04. The summed E-state index contributed by atoms with van der Waals surface area (Å²) in [6.45, 7) is 2.60. The minimum atomic E-state index is -3.39. The van der Waals surface area contributed by atoms with Gasteiger partial charge in [0.25, 0.3) is 0 Å². The Bertz CT molecular complexity index is 931. The van der Waals surface area contributed by atoms with Gasteiger partial charge in [0.2, 0.25) is 10.0 Å². The minimum absolute atomic E-state index is 0. The van der Waals surface area contributed by atoms with Crippen molar-refractivity contribution in [2.75, 3.05) is 34.2 Å². The number of hydrogen-bond acceptors (Lipinski definition) is 3. The van der Waals surface area contributed by atoms with Crippen LogP contribution in [-0.2, 0) is 23.0 Å². The fourth-order valence-electron chi connectivity index (χ4n) is 3.64. The molecule has 0 spiro atoms. The van der Waals surface area contributed by atoms with Crippen molar-refractivity contribution in [3.05, 3.63) is 65.7 Å². The molecule has 1 atom stereocenters. The van der Waals surface area contributed by atoms with E-state index < -0.39 is 10.0 Å². The van der Waals surface area contributed by atoms with E-state index in [2.05, 4.69) is 45.5 Å². The van der Waals surface area contributed by atoms with Crippen molar-refractivity contribution in [1.82, 2.24) is 14.5 Å². The predicted octanol–water partition coefficient (Wildman–Crippen LogP) is 3.19. The summed E-state index contributed by atoms with van der Waals surface area (Å²) in [7, 11) is 1.49. The summed E-state index contributed by atoms with van der Waals surface area (Å²) in [6.07, 6.45) is 2.25. The highest BCUT2D eigenvalue weighted by Gasteiger charge is 2.25. The van der Waals surface area contributed by atoms with Crippen LogP contribution in [0, 0.1) is 5.92 Å². The molecule has 0 radical (unpaired) electrons. The number of rotatable bonds is 6. The molecule has 3 rings (SSSR count). The molecule has 0 aromatic heterocycles.